The second-order valence-electron chi connectivity index (χ2n) is 5.72. The average Bonchev–Trinajstić information content (AvgIpc) is 2.55. The minimum atomic E-state index is -0.0213. The summed E-state index contributed by atoms with van der Waals surface area (Å²) in [5.74, 6) is 0.574. The third-order valence-electron chi connectivity index (χ3n) is 4.45. The number of pyridine rings is 1. The fraction of sp³-hybridized carbons (Fsp3) is 0.444. The van der Waals surface area contributed by atoms with E-state index in [1.54, 1.807) is 0 Å². The lowest BCUT2D eigenvalue weighted by atomic mass is 9.78. The van der Waals surface area contributed by atoms with Crippen molar-refractivity contribution in [3.05, 3.63) is 42.1 Å². The fourth-order valence-electron chi connectivity index (χ4n) is 3.36. The van der Waals surface area contributed by atoms with Gasteiger partial charge in [0, 0.05) is 11.6 Å². The molecule has 1 aliphatic rings. The molecule has 1 heterocycles. The molecular formula is C18H21NO2. The Labute approximate surface area is 125 Å². The summed E-state index contributed by atoms with van der Waals surface area (Å²) in [6, 6.07) is 10.5. The largest absolute Gasteiger partial charge is 0.466 e. The number of hydrogen-bond donors (Lipinski definition) is 0. The molecule has 110 valence electrons. The topological polar surface area (TPSA) is 39.2 Å². The Morgan fingerprint density at radius 3 is 2.71 bits per heavy atom. The molecule has 1 fully saturated rings. The van der Waals surface area contributed by atoms with Crippen molar-refractivity contribution in [3.63, 3.8) is 0 Å². The Morgan fingerprint density at radius 2 is 1.95 bits per heavy atom. The van der Waals surface area contributed by atoms with E-state index in [0.717, 1.165) is 31.2 Å². The summed E-state index contributed by atoms with van der Waals surface area (Å²) in [5.41, 5.74) is 2.44. The number of hydrogen-bond acceptors (Lipinski definition) is 3. The Morgan fingerprint density at radius 1 is 1.19 bits per heavy atom. The molecule has 1 aromatic heterocycles. The van der Waals surface area contributed by atoms with Crippen LogP contribution in [-0.4, -0.2) is 17.6 Å². The third-order valence-corrected chi connectivity index (χ3v) is 4.45. The van der Waals surface area contributed by atoms with Gasteiger partial charge >= 0.3 is 5.97 Å². The lowest BCUT2D eigenvalue weighted by Crippen LogP contribution is -2.23. The lowest BCUT2D eigenvalue weighted by molar-refractivity contribution is -0.149. The highest BCUT2D eigenvalue weighted by Crippen LogP contribution is 2.38. The molecule has 0 spiro atoms. The van der Waals surface area contributed by atoms with Gasteiger partial charge in [0.1, 0.15) is 0 Å². The summed E-state index contributed by atoms with van der Waals surface area (Å²) in [6.07, 6.45) is 5.79. The molecule has 21 heavy (non-hydrogen) atoms. The van der Waals surface area contributed by atoms with Crippen LogP contribution in [0.25, 0.3) is 10.9 Å². The summed E-state index contributed by atoms with van der Waals surface area (Å²) in [4.78, 5) is 16.4. The lowest BCUT2D eigenvalue weighted by Gasteiger charge is -2.27. The molecule has 0 aliphatic heterocycles. The molecule has 1 aliphatic carbocycles. The van der Waals surface area contributed by atoms with E-state index < -0.39 is 0 Å². The van der Waals surface area contributed by atoms with Gasteiger partial charge in [-0.15, -0.1) is 0 Å². The minimum Gasteiger partial charge on any atom is -0.466 e. The van der Waals surface area contributed by atoms with E-state index in [0.29, 0.717) is 12.5 Å². The van der Waals surface area contributed by atoms with Crippen LogP contribution in [0.3, 0.4) is 0 Å². The number of para-hydroxylation sites is 1. The first-order chi connectivity index (χ1) is 10.3. The van der Waals surface area contributed by atoms with Crippen LogP contribution >= 0.6 is 0 Å². The van der Waals surface area contributed by atoms with Crippen LogP contribution in [0.5, 0.6) is 0 Å². The number of esters is 1. The van der Waals surface area contributed by atoms with Crippen LogP contribution in [0, 0.1) is 5.92 Å². The number of carbonyl (C=O) groups is 1. The van der Waals surface area contributed by atoms with Crippen molar-refractivity contribution in [1.29, 1.82) is 0 Å². The van der Waals surface area contributed by atoms with Crippen molar-refractivity contribution in [2.75, 3.05) is 6.61 Å². The van der Waals surface area contributed by atoms with Gasteiger partial charge in [-0.25, -0.2) is 0 Å². The van der Waals surface area contributed by atoms with Crippen LogP contribution in [0.2, 0.25) is 0 Å². The molecule has 3 heteroatoms. The van der Waals surface area contributed by atoms with E-state index in [-0.39, 0.29) is 11.9 Å². The zero-order valence-electron chi connectivity index (χ0n) is 12.4. The molecule has 0 N–H and O–H groups in total. The predicted octanol–water partition coefficient (Wildman–Crippen LogP) is 4.07. The highest BCUT2D eigenvalue weighted by atomic mass is 16.5. The highest BCUT2D eigenvalue weighted by molar-refractivity contribution is 5.82. The monoisotopic (exact) mass is 283 g/mol. The zero-order valence-corrected chi connectivity index (χ0v) is 12.4. The van der Waals surface area contributed by atoms with E-state index in [1.807, 2.05) is 19.2 Å². The second-order valence-corrected chi connectivity index (χ2v) is 5.72. The van der Waals surface area contributed by atoms with Gasteiger partial charge in [0.15, 0.2) is 0 Å². The normalized spacial score (nSPS) is 22.1. The molecule has 1 saturated carbocycles. The molecule has 0 unspecified atom stereocenters. The summed E-state index contributed by atoms with van der Waals surface area (Å²) < 4.78 is 5.14. The molecule has 0 bridgehead atoms. The summed E-state index contributed by atoms with van der Waals surface area (Å²) in [6.45, 7) is 2.34. The maximum absolute atomic E-state index is 11.8. The number of rotatable bonds is 3. The van der Waals surface area contributed by atoms with Gasteiger partial charge < -0.3 is 4.74 Å². The molecule has 0 radical (unpaired) electrons. The maximum atomic E-state index is 11.8. The number of ether oxygens (including phenoxy) is 1. The van der Waals surface area contributed by atoms with Crippen molar-refractivity contribution in [3.8, 4) is 0 Å². The van der Waals surface area contributed by atoms with Crippen LogP contribution in [0.4, 0.5) is 0 Å². The molecular weight excluding hydrogens is 262 g/mol. The number of nitrogens with zero attached hydrogens (tertiary/aromatic N) is 1. The van der Waals surface area contributed by atoms with Crippen molar-refractivity contribution in [1.82, 2.24) is 4.98 Å². The summed E-state index contributed by atoms with van der Waals surface area (Å²) in [5, 5.41) is 1.20. The number of fused-ring (bicyclic) bond motifs is 1. The van der Waals surface area contributed by atoms with Gasteiger partial charge in [0.2, 0.25) is 0 Å². The van der Waals surface area contributed by atoms with E-state index in [4.69, 9.17) is 4.74 Å². The van der Waals surface area contributed by atoms with E-state index in [2.05, 4.69) is 29.2 Å². The summed E-state index contributed by atoms with van der Waals surface area (Å²) >= 11 is 0. The number of aromatic nitrogens is 1. The quantitative estimate of drug-likeness (QED) is 0.797. The van der Waals surface area contributed by atoms with Crippen LogP contribution in [-0.2, 0) is 9.53 Å². The first kappa shape index (κ1) is 14.1. The molecule has 3 nitrogen and oxygen atoms in total. The average molecular weight is 283 g/mol. The van der Waals surface area contributed by atoms with Crippen molar-refractivity contribution in [2.45, 2.75) is 38.5 Å². The van der Waals surface area contributed by atoms with Gasteiger partial charge in [-0.2, -0.15) is 0 Å². The number of carbonyl (C=O) groups excluding carboxylic acids is 1. The van der Waals surface area contributed by atoms with Crippen LogP contribution < -0.4 is 0 Å². The standard InChI is InChI=1S/C18H21NO2/c1-2-21-18(20)15-10-8-13(9-11-15)16-7-3-5-14-6-4-12-19-17(14)16/h3-7,12-13,15H,2,8-11H2,1H3. The van der Waals surface area contributed by atoms with Crippen molar-refractivity contribution >= 4 is 16.9 Å². The predicted molar refractivity (Wildman–Crippen MR) is 83.1 cm³/mol. The molecule has 1 aromatic carbocycles. The van der Waals surface area contributed by atoms with Gasteiger partial charge in [-0.1, -0.05) is 24.3 Å². The first-order valence-corrected chi connectivity index (χ1v) is 7.80. The molecule has 3 rings (SSSR count). The Bertz CT molecular complexity index is 625. The molecule has 0 atom stereocenters. The molecule has 0 saturated heterocycles. The summed E-state index contributed by atoms with van der Waals surface area (Å²) in [7, 11) is 0. The van der Waals surface area contributed by atoms with E-state index in [1.165, 1.54) is 10.9 Å². The first-order valence-electron chi connectivity index (χ1n) is 7.80. The van der Waals surface area contributed by atoms with Gasteiger partial charge in [-0.3, -0.25) is 9.78 Å². The van der Waals surface area contributed by atoms with Crippen molar-refractivity contribution in [2.24, 2.45) is 5.92 Å². The zero-order chi connectivity index (χ0) is 14.7. The van der Waals surface area contributed by atoms with Crippen molar-refractivity contribution < 1.29 is 9.53 Å². The van der Waals surface area contributed by atoms with Gasteiger partial charge in [-0.05, 0) is 50.2 Å². The van der Waals surface area contributed by atoms with Gasteiger partial charge in [0.05, 0.1) is 18.0 Å². The van der Waals surface area contributed by atoms with Crippen LogP contribution in [0.1, 0.15) is 44.1 Å². The Hall–Kier alpha value is -1.90. The Kier molecular flexibility index (Phi) is 4.18. The number of benzene rings is 1. The third kappa shape index (κ3) is 2.92. The second kappa shape index (κ2) is 6.25. The highest BCUT2D eigenvalue weighted by Gasteiger charge is 2.28. The van der Waals surface area contributed by atoms with E-state index >= 15 is 0 Å². The molecule has 0 amide bonds. The maximum Gasteiger partial charge on any atom is 0.308 e. The molecule has 2 aromatic rings. The fourth-order valence-corrected chi connectivity index (χ4v) is 3.36. The van der Waals surface area contributed by atoms with Gasteiger partial charge in [0.25, 0.3) is 0 Å². The minimum absolute atomic E-state index is 0.0213. The smallest absolute Gasteiger partial charge is 0.308 e. The van der Waals surface area contributed by atoms with Crippen LogP contribution in [0.15, 0.2) is 36.5 Å². The SMILES string of the molecule is CCOC(=O)C1CCC(c2cccc3cccnc23)CC1. The van der Waals surface area contributed by atoms with E-state index in [9.17, 15) is 4.79 Å². The Balaban J connectivity index is 1.76.